The van der Waals surface area contributed by atoms with Gasteiger partial charge in [-0.25, -0.2) is 4.39 Å². The van der Waals surface area contributed by atoms with Crippen LogP contribution in [0, 0.1) is 5.82 Å². The number of carbonyl (C=O) groups excluding carboxylic acids is 1. The minimum Gasteiger partial charge on any atom is -0.342 e. The van der Waals surface area contributed by atoms with Crippen molar-refractivity contribution in [3.05, 3.63) is 47.8 Å². The number of hydrogen-bond donors (Lipinski definition) is 0. The number of halogens is 2. The van der Waals surface area contributed by atoms with Crippen molar-refractivity contribution in [1.29, 1.82) is 0 Å². The van der Waals surface area contributed by atoms with E-state index in [1.54, 1.807) is 36.2 Å². The maximum Gasteiger partial charge on any atom is 0.254 e. The average Bonchev–Trinajstić information content (AvgIpc) is 2.45. The molecule has 0 aliphatic heterocycles. The second-order valence-corrected chi connectivity index (χ2v) is 4.79. The van der Waals surface area contributed by atoms with Crippen LogP contribution in [0.15, 0.2) is 36.4 Å². The van der Waals surface area contributed by atoms with E-state index in [1.807, 2.05) is 0 Å². The Labute approximate surface area is 116 Å². The minimum atomic E-state index is -0.310. The summed E-state index contributed by atoms with van der Waals surface area (Å²) in [7, 11) is 1.73. The molecule has 2 aromatic rings. The van der Waals surface area contributed by atoms with E-state index >= 15 is 0 Å². The standard InChI is InChI=1S/C15H15ClFNO/c1-18(10-4-9-16)15(19)13-7-8-14(17)12-6-3-2-5-11(12)13/h2-3,5-8H,4,9-10H2,1H3. The maximum atomic E-state index is 13.7. The molecule has 0 N–H and O–H groups in total. The second-order valence-electron chi connectivity index (χ2n) is 4.41. The zero-order valence-electron chi connectivity index (χ0n) is 10.7. The number of rotatable bonds is 4. The predicted molar refractivity (Wildman–Crippen MR) is 76.2 cm³/mol. The lowest BCUT2D eigenvalue weighted by atomic mass is 10.0. The summed E-state index contributed by atoms with van der Waals surface area (Å²) in [5, 5.41) is 1.12. The van der Waals surface area contributed by atoms with Crippen LogP contribution in [0.5, 0.6) is 0 Å². The van der Waals surface area contributed by atoms with Crippen LogP contribution in [0.25, 0.3) is 10.8 Å². The Morgan fingerprint density at radius 3 is 2.58 bits per heavy atom. The molecule has 100 valence electrons. The van der Waals surface area contributed by atoms with Crippen LogP contribution in [0.1, 0.15) is 16.8 Å². The van der Waals surface area contributed by atoms with Gasteiger partial charge >= 0.3 is 0 Å². The molecule has 0 bridgehead atoms. The molecule has 2 nitrogen and oxygen atoms in total. The molecule has 0 spiro atoms. The van der Waals surface area contributed by atoms with E-state index in [1.165, 1.54) is 12.1 Å². The van der Waals surface area contributed by atoms with Crippen molar-refractivity contribution in [2.24, 2.45) is 0 Å². The molecule has 2 rings (SSSR count). The van der Waals surface area contributed by atoms with Gasteiger partial charge in [-0.2, -0.15) is 0 Å². The molecule has 1 amide bonds. The summed E-state index contributed by atoms with van der Waals surface area (Å²) < 4.78 is 13.7. The van der Waals surface area contributed by atoms with Crippen LogP contribution < -0.4 is 0 Å². The highest BCUT2D eigenvalue weighted by atomic mass is 35.5. The smallest absolute Gasteiger partial charge is 0.254 e. The largest absolute Gasteiger partial charge is 0.342 e. The quantitative estimate of drug-likeness (QED) is 0.782. The Bertz CT molecular complexity index is 600. The zero-order chi connectivity index (χ0) is 13.8. The third-order valence-corrected chi connectivity index (χ3v) is 3.34. The molecule has 0 heterocycles. The van der Waals surface area contributed by atoms with Gasteiger partial charge in [0.25, 0.3) is 5.91 Å². The molecule has 2 aromatic carbocycles. The fourth-order valence-electron chi connectivity index (χ4n) is 2.05. The van der Waals surface area contributed by atoms with Gasteiger partial charge in [-0.1, -0.05) is 24.3 Å². The molecular formula is C15H15ClFNO. The summed E-state index contributed by atoms with van der Waals surface area (Å²) >= 11 is 5.62. The number of benzene rings is 2. The molecule has 19 heavy (non-hydrogen) atoms. The van der Waals surface area contributed by atoms with Crippen LogP contribution in [-0.2, 0) is 0 Å². The molecular weight excluding hydrogens is 265 g/mol. The van der Waals surface area contributed by atoms with Crippen molar-refractivity contribution >= 4 is 28.3 Å². The highest BCUT2D eigenvalue weighted by Gasteiger charge is 2.15. The SMILES string of the molecule is CN(CCCCl)C(=O)c1ccc(F)c2ccccc12. The van der Waals surface area contributed by atoms with Gasteiger partial charge in [0.15, 0.2) is 0 Å². The van der Waals surface area contributed by atoms with Crippen molar-refractivity contribution in [3.8, 4) is 0 Å². The Morgan fingerprint density at radius 1 is 1.21 bits per heavy atom. The predicted octanol–water partition coefficient (Wildman–Crippen LogP) is 3.68. The van der Waals surface area contributed by atoms with E-state index in [9.17, 15) is 9.18 Å². The van der Waals surface area contributed by atoms with Gasteiger partial charge < -0.3 is 4.90 Å². The molecule has 0 aromatic heterocycles. The summed E-state index contributed by atoms with van der Waals surface area (Å²) in [6, 6.07) is 9.89. The van der Waals surface area contributed by atoms with Crippen LogP contribution in [-0.4, -0.2) is 30.3 Å². The van der Waals surface area contributed by atoms with Gasteiger partial charge in [0, 0.05) is 30.4 Å². The Balaban J connectivity index is 2.40. The van der Waals surface area contributed by atoms with E-state index in [2.05, 4.69) is 0 Å². The lowest BCUT2D eigenvalue weighted by Crippen LogP contribution is -2.28. The molecule has 0 fully saturated rings. The number of alkyl halides is 1. The summed E-state index contributed by atoms with van der Waals surface area (Å²) in [5.41, 5.74) is 0.522. The highest BCUT2D eigenvalue weighted by Crippen LogP contribution is 2.22. The lowest BCUT2D eigenvalue weighted by Gasteiger charge is -2.17. The molecule has 4 heteroatoms. The van der Waals surface area contributed by atoms with Crippen LogP contribution in [0.3, 0.4) is 0 Å². The van der Waals surface area contributed by atoms with E-state index < -0.39 is 0 Å². The number of fused-ring (bicyclic) bond motifs is 1. The monoisotopic (exact) mass is 279 g/mol. The molecule has 0 radical (unpaired) electrons. The van der Waals surface area contributed by atoms with Crippen LogP contribution >= 0.6 is 11.6 Å². The number of amides is 1. The van der Waals surface area contributed by atoms with Crippen LogP contribution in [0.4, 0.5) is 4.39 Å². The molecule has 0 saturated heterocycles. The van der Waals surface area contributed by atoms with E-state index in [0.717, 1.165) is 6.42 Å². The van der Waals surface area contributed by atoms with Crippen molar-refractivity contribution in [1.82, 2.24) is 4.90 Å². The Kier molecular flexibility index (Phi) is 4.38. The van der Waals surface area contributed by atoms with Crippen LogP contribution in [0.2, 0.25) is 0 Å². The summed E-state index contributed by atoms with van der Waals surface area (Å²) in [6.07, 6.45) is 0.739. The van der Waals surface area contributed by atoms with Crippen molar-refractivity contribution < 1.29 is 9.18 Å². The van der Waals surface area contributed by atoms with Gasteiger partial charge in [-0.15, -0.1) is 11.6 Å². The first kappa shape index (κ1) is 13.8. The molecule has 0 unspecified atom stereocenters. The fourth-order valence-corrected chi connectivity index (χ4v) is 2.17. The van der Waals surface area contributed by atoms with Crippen molar-refractivity contribution in [2.75, 3.05) is 19.5 Å². The average molecular weight is 280 g/mol. The topological polar surface area (TPSA) is 20.3 Å². The second kappa shape index (κ2) is 6.02. The van der Waals surface area contributed by atoms with Gasteiger partial charge in [0.2, 0.25) is 0 Å². The Morgan fingerprint density at radius 2 is 1.89 bits per heavy atom. The van der Waals surface area contributed by atoms with Crippen molar-refractivity contribution in [2.45, 2.75) is 6.42 Å². The maximum absolute atomic E-state index is 13.7. The summed E-state index contributed by atoms with van der Waals surface area (Å²) in [6.45, 7) is 0.591. The van der Waals surface area contributed by atoms with Gasteiger partial charge in [-0.3, -0.25) is 4.79 Å². The van der Waals surface area contributed by atoms with Gasteiger partial charge in [0.05, 0.1) is 0 Å². The molecule has 0 saturated carbocycles. The lowest BCUT2D eigenvalue weighted by molar-refractivity contribution is 0.0797. The van der Waals surface area contributed by atoms with Crippen molar-refractivity contribution in [3.63, 3.8) is 0 Å². The van der Waals surface area contributed by atoms with E-state index in [4.69, 9.17) is 11.6 Å². The molecule has 0 aliphatic rings. The molecule has 0 aliphatic carbocycles. The first-order valence-electron chi connectivity index (χ1n) is 6.14. The first-order chi connectivity index (χ1) is 9.15. The van der Waals surface area contributed by atoms with E-state index in [0.29, 0.717) is 28.8 Å². The third-order valence-electron chi connectivity index (χ3n) is 3.08. The highest BCUT2D eigenvalue weighted by molar-refractivity contribution is 6.17. The van der Waals surface area contributed by atoms with E-state index in [-0.39, 0.29) is 11.7 Å². The first-order valence-corrected chi connectivity index (χ1v) is 6.67. The zero-order valence-corrected chi connectivity index (χ0v) is 11.5. The van der Waals surface area contributed by atoms with Gasteiger partial charge in [0.1, 0.15) is 5.82 Å². The normalized spacial score (nSPS) is 10.7. The summed E-state index contributed by atoms with van der Waals surface area (Å²) in [4.78, 5) is 13.9. The minimum absolute atomic E-state index is 0.110. The Hall–Kier alpha value is -1.61. The number of carbonyl (C=O) groups is 1. The fraction of sp³-hybridized carbons (Fsp3) is 0.267. The molecule has 0 atom stereocenters. The number of hydrogen-bond acceptors (Lipinski definition) is 1. The summed E-state index contributed by atoms with van der Waals surface area (Å²) in [5.74, 6) is 0.0961. The number of nitrogens with zero attached hydrogens (tertiary/aromatic N) is 1. The van der Waals surface area contributed by atoms with Gasteiger partial charge in [-0.05, 0) is 23.9 Å². The third kappa shape index (κ3) is 2.87.